The number of rotatable bonds is 2. The summed E-state index contributed by atoms with van der Waals surface area (Å²) in [5, 5.41) is 19.4. The Kier molecular flexibility index (Phi) is 3.38. The van der Waals surface area contributed by atoms with Gasteiger partial charge < -0.3 is 14.9 Å². The van der Waals surface area contributed by atoms with E-state index in [1.807, 2.05) is 0 Å². The molecule has 1 aliphatic heterocycles. The van der Waals surface area contributed by atoms with Crippen LogP contribution in [-0.2, 0) is 4.74 Å². The molecule has 3 N–H and O–H groups in total. The molecule has 0 amide bonds. The predicted octanol–water partition coefficient (Wildman–Crippen LogP) is -1.19. The maximum absolute atomic E-state index is 11.6. The van der Waals surface area contributed by atoms with Crippen LogP contribution in [0.3, 0.4) is 0 Å². The molecule has 0 aliphatic carbocycles. The highest BCUT2D eigenvalue weighted by Gasteiger charge is 2.44. The second-order valence-electron chi connectivity index (χ2n) is 4.60. The molecule has 1 aromatic heterocycles. The van der Waals surface area contributed by atoms with Crippen LogP contribution in [-0.4, -0.2) is 38.1 Å². The van der Waals surface area contributed by atoms with Crippen LogP contribution in [0.2, 0.25) is 0 Å². The Bertz CT molecular complexity index is 535. The summed E-state index contributed by atoms with van der Waals surface area (Å²) in [6.45, 7) is 3.23. The molecule has 7 heteroatoms. The Morgan fingerprint density at radius 1 is 1.50 bits per heavy atom. The van der Waals surface area contributed by atoms with Gasteiger partial charge in [0, 0.05) is 18.2 Å². The van der Waals surface area contributed by atoms with Gasteiger partial charge in [-0.05, 0) is 6.92 Å². The zero-order valence-corrected chi connectivity index (χ0v) is 10.1. The molecular weight excluding hydrogens is 240 g/mol. The van der Waals surface area contributed by atoms with Gasteiger partial charge in [0.25, 0.3) is 5.56 Å². The van der Waals surface area contributed by atoms with Gasteiger partial charge in [0.2, 0.25) is 0 Å². The summed E-state index contributed by atoms with van der Waals surface area (Å²) in [7, 11) is 0. The van der Waals surface area contributed by atoms with E-state index < -0.39 is 35.8 Å². The lowest BCUT2D eigenvalue weighted by Crippen LogP contribution is -2.34. The number of ether oxygens (including phenoxy) is 1. The summed E-state index contributed by atoms with van der Waals surface area (Å²) in [4.78, 5) is 24.7. The second kappa shape index (κ2) is 4.68. The average Bonchev–Trinajstić information content (AvgIpc) is 2.57. The standard InChI is InChI=1S/C11H16N2O5/c1-5-8(16)9(6(2)14)18-10(5)13-4-3-7(15)12-11(13)17/h3-6,8-10,14,16H,1-2H3,(H,12,15,17)/t5-,6-,8+,9-,10-/m1/s1. The van der Waals surface area contributed by atoms with Gasteiger partial charge in [-0.15, -0.1) is 0 Å². The van der Waals surface area contributed by atoms with Crippen molar-refractivity contribution in [2.24, 2.45) is 5.92 Å². The van der Waals surface area contributed by atoms with E-state index in [1.165, 1.54) is 23.8 Å². The molecule has 0 unspecified atom stereocenters. The van der Waals surface area contributed by atoms with Crippen molar-refractivity contribution in [3.8, 4) is 0 Å². The van der Waals surface area contributed by atoms with Crippen molar-refractivity contribution in [2.45, 2.75) is 38.4 Å². The van der Waals surface area contributed by atoms with Gasteiger partial charge in [-0.25, -0.2) is 4.79 Å². The molecule has 0 radical (unpaired) electrons. The minimum absolute atomic E-state index is 0.367. The Balaban J connectivity index is 2.35. The van der Waals surface area contributed by atoms with Crippen LogP contribution in [0.5, 0.6) is 0 Å². The maximum Gasteiger partial charge on any atom is 0.330 e. The molecule has 5 atom stereocenters. The van der Waals surface area contributed by atoms with Crippen LogP contribution in [0.25, 0.3) is 0 Å². The fourth-order valence-electron chi connectivity index (χ4n) is 2.18. The van der Waals surface area contributed by atoms with Crippen LogP contribution >= 0.6 is 0 Å². The van der Waals surface area contributed by atoms with Gasteiger partial charge in [0.05, 0.1) is 12.2 Å². The molecular formula is C11H16N2O5. The van der Waals surface area contributed by atoms with Gasteiger partial charge in [0.1, 0.15) is 12.3 Å². The van der Waals surface area contributed by atoms with Gasteiger partial charge in [-0.1, -0.05) is 6.92 Å². The molecule has 0 spiro atoms. The third-order valence-corrected chi connectivity index (χ3v) is 3.22. The zero-order chi connectivity index (χ0) is 13.4. The number of aromatic nitrogens is 2. The number of aliphatic hydroxyl groups is 2. The van der Waals surface area contributed by atoms with E-state index in [0.717, 1.165) is 0 Å². The number of hydrogen-bond donors (Lipinski definition) is 3. The van der Waals surface area contributed by atoms with E-state index in [-0.39, 0.29) is 5.92 Å². The molecule has 0 saturated carbocycles. The van der Waals surface area contributed by atoms with E-state index in [1.54, 1.807) is 6.92 Å². The fourth-order valence-corrected chi connectivity index (χ4v) is 2.18. The van der Waals surface area contributed by atoms with E-state index in [2.05, 4.69) is 4.98 Å². The van der Waals surface area contributed by atoms with Crippen LogP contribution < -0.4 is 11.2 Å². The molecule has 0 bridgehead atoms. The van der Waals surface area contributed by atoms with Gasteiger partial charge in [0.15, 0.2) is 0 Å². The number of aliphatic hydroxyl groups excluding tert-OH is 2. The van der Waals surface area contributed by atoms with Crippen molar-refractivity contribution in [1.82, 2.24) is 9.55 Å². The highest BCUT2D eigenvalue weighted by molar-refractivity contribution is 4.92. The highest BCUT2D eigenvalue weighted by Crippen LogP contribution is 2.34. The van der Waals surface area contributed by atoms with E-state index in [4.69, 9.17) is 4.74 Å². The van der Waals surface area contributed by atoms with Crippen molar-refractivity contribution in [2.75, 3.05) is 0 Å². The number of aromatic amines is 1. The Labute approximate surface area is 103 Å². The number of nitrogens with zero attached hydrogens (tertiary/aromatic N) is 1. The van der Waals surface area contributed by atoms with Gasteiger partial charge >= 0.3 is 5.69 Å². The van der Waals surface area contributed by atoms with Crippen molar-refractivity contribution >= 4 is 0 Å². The lowest BCUT2D eigenvalue weighted by molar-refractivity contribution is -0.0778. The summed E-state index contributed by atoms with van der Waals surface area (Å²) in [5.74, 6) is -0.367. The molecule has 18 heavy (non-hydrogen) atoms. The van der Waals surface area contributed by atoms with Crippen molar-refractivity contribution in [1.29, 1.82) is 0 Å². The van der Waals surface area contributed by atoms with E-state index in [0.29, 0.717) is 0 Å². The maximum atomic E-state index is 11.6. The average molecular weight is 256 g/mol. The first-order chi connectivity index (χ1) is 8.41. The smallest absolute Gasteiger partial charge is 0.330 e. The first kappa shape index (κ1) is 13.0. The largest absolute Gasteiger partial charge is 0.391 e. The van der Waals surface area contributed by atoms with Gasteiger partial charge in [-0.2, -0.15) is 0 Å². The summed E-state index contributed by atoms with van der Waals surface area (Å²) in [5.41, 5.74) is -1.09. The molecule has 1 aliphatic rings. The van der Waals surface area contributed by atoms with Crippen molar-refractivity contribution in [3.63, 3.8) is 0 Å². The SMILES string of the molecule is C[C@@H]1[C@H](O)[C@@H]([C@@H](C)O)O[C@H]1n1ccc(=O)[nH]c1=O. The van der Waals surface area contributed by atoms with Gasteiger partial charge in [-0.3, -0.25) is 14.3 Å². The fraction of sp³-hybridized carbons (Fsp3) is 0.636. The van der Waals surface area contributed by atoms with Crippen LogP contribution in [0.1, 0.15) is 20.1 Å². The topological polar surface area (TPSA) is 105 Å². The molecule has 2 heterocycles. The van der Waals surface area contributed by atoms with E-state index in [9.17, 15) is 19.8 Å². The molecule has 1 fully saturated rings. The second-order valence-corrected chi connectivity index (χ2v) is 4.60. The third kappa shape index (κ3) is 2.12. The predicted molar refractivity (Wildman–Crippen MR) is 62.1 cm³/mol. The summed E-state index contributed by atoms with van der Waals surface area (Å²) in [6, 6.07) is 1.21. The number of nitrogens with one attached hydrogen (secondary N) is 1. The summed E-state index contributed by atoms with van der Waals surface area (Å²) < 4.78 is 6.70. The number of H-pyrrole nitrogens is 1. The van der Waals surface area contributed by atoms with Crippen molar-refractivity contribution < 1.29 is 14.9 Å². The normalized spacial score (nSPS) is 33.6. The monoisotopic (exact) mass is 256 g/mol. The Morgan fingerprint density at radius 3 is 2.67 bits per heavy atom. The molecule has 1 aromatic rings. The summed E-state index contributed by atoms with van der Waals surface area (Å²) in [6.07, 6.45) is -1.84. The lowest BCUT2D eigenvalue weighted by Gasteiger charge is -2.18. The van der Waals surface area contributed by atoms with Crippen LogP contribution in [0, 0.1) is 5.92 Å². The minimum atomic E-state index is -0.867. The Hall–Kier alpha value is -1.44. The number of hydrogen-bond acceptors (Lipinski definition) is 5. The third-order valence-electron chi connectivity index (χ3n) is 3.22. The molecule has 7 nitrogen and oxygen atoms in total. The van der Waals surface area contributed by atoms with Crippen molar-refractivity contribution in [3.05, 3.63) is 33.1 Å². The molecule has 1 saturated heterocycles. The first-order valence-electron chi connectivity index (χ1n) is 5.75. The minimum Gasteiger partial charge on any atom is -0.391 e. The summed E-state index contributed by atoms with van der Waals surface area (Å²) >= 11 is 0. The highest BCUT2D eigenvalue weighted by atomic mass is 16.5. The quantitative estimate of drug-likeness (QED) is 0.617. The molecule has 100 valence electrons. The first-order valence-corrected chi connectivity index (χ1v) is 5.75. The lowest BCUT2D eigenvalue weighted by atomic mass is 9.99. The van der Waals surface area contributed by atoms with Crippen LogP contribution in [0.15, 0.2) is 21.9 Å². The Morgan fingerprint density at radius 2 is 2.17 bits per heavy atom. The molecule has 0 aromatic carbocycles. The zero-order valence-electron chi connectivity index (χ0n) is 10.1. The molecule has 2 rings (SSSR count). The van der Waals surface area contributed by atoms with Crippen LogP contribution in [0.4, 0.5) is 0 Å². The van der Waals surface area contributed by atoms with E-state index >= 15 is 0 Å².